The predicted molar refractivity (Wildman–Crippen MR) is 83.2 cm³/mol. The van der Waals surface area contributed by atoms with Crippen molar-refractivity contribution < 1.29 is 5.11 Å². The van der Waals surface area contributed by atoms with Gasteiger partial charge in [0, 0.05) is 32.1 Å². The maximum Gasteiger partial charge on any atom is 0.131 e. The molecule has 2 heterocycles. The Bertz CT molecular complexity index is 672. The van der Waals surface area contributed by atoms with Crippen LogP contribution >= 0.6 is 11.6 Å². The van der Waals surface area contributed by atoms with Crippen LogP contribution in [0.15, 0.2) is 24.7 Å². The van der Waals surface area contributed by atoms with E-state index in [4.69, 9.17) is 16.7 Å². The average Bonchev–Trinajstić information content (AvgIpc) is 2.84. The second-order valence-electron chi connectivity index (χ2n) is 4.76. The van der Waals surface area contributed by atoms with E-state index in [2.05, 4.69) is 27.2 Å². The van der Waals surface area contributed by atoms with Crippen molar-refractivity contribution in [2.45, 2.75) is 19.4 Å². The van der Waals surface area contributed by atoms with Crippen LogP contribution in [0.1, 0.15) is 24.5 Å². The van der Waals surface area contributed by atoms with Gasteiger partial charge in [-0.25, -0.2) is 4.98 Å². The van der Waals surface area contributed by atoms with Gasteiger partial charge in [0.05, 0.1) is 23.0 Å². The van der Waals surface area contributed by atoms with Gasteiger partial charge in [-0.2, -0.15) is 5.10 Å². The number of nitrogens with zero attached hydrogens (tertiary/aromatic N) is 3. The Kier molecular flexibility index (Phi) is 5.20. The van der Waals surface area contributed by atoms with Crippen molar-refractivity contribution in [2.75, 3.05) is 11.9 Å². The minimum absolute atomic E-state index is 0.118. The number of aliphatic hydroxyl groups excluding tert-OH is 1. The highest BCUT2D eigenvalue weighted by atomic mass is 35.5. The van der Waals surface area contributed by atoms with Crippen molar-refractivity contribution in [2.24, 2.45) is 7.05 Å². The van der Waals surface area contributed by atoms with Crippen LogP contribution in [0, 0.1) is 11.8 Å². The van der Waals surface area contributed by atoms with Crippen molar-refractivity contribution in [3.8, 4) is 11.8 Å². The van der Waals surface area contributed by atoms with Crippen LogP contribution in [0.3, 0.4) is 0 Å². The molecule has 0 radical (unpaired) electrons. The summed E-state index contributed by atoms with van der Waals surface area (Å²) in [6.45, 7) is 2.12. The summed E-state index contributed by atoms with van der Waals surface area (Å²) in [5.41, 5.74) is 2.40. The SMILES string of the molecule is C[C@@H](CCO)Nc1cc(Cl)ncc1C#Cc1cnn(C)c1. The Balaban J connectivity index is 2.24. The number of aromatic nitrogens is 3. The van der Waals surface area contributed by atoms with Crippen LogP contribution in [-0.2, 0) is 7.05 Å². The van der Waals surface area contributed by atoms with E-state index in [1.54, 1.807) is 23.1 Å². The molecule has 110 valence electrons. The zero-order chi connectivity index (χ0) is 15.2. The van der Waals surface area contributed by atoms with E-state index in [0.29, 0.717) is 11.6 Å². The number of rotatable bonds is 4. The van der Waals surface area contributed by atoms with Gasteiger partial charge in [-0.15, -0.1) is 0 Å². The summed E-state index contributed by atoms with van der Waals surface area (Å²) in [6.07, 6.45) is 5.84. The standard InChI is InChI=1S/C15H17ClN4O/c1-11(5-6-21)19-14-7-15(16)17-9-13(14)4-3-12-8-18-20(2)10-12/h7-11,21H,5-6H2,1-2H3,(H,17,19)/t11-/m0/s1. The summed E-state index contributed by atoms with van der Waals surface area (Å²) in [6, 6.07) is 1.86. The van der Waals surface area contributed by atoms with Gasteiger partial charge < -0.3 is 10.4 Å². The second-order valence-corrected chi connectivity index (χ2v) is 5.15. The topological polar surface area (TPSA) is 63.0 Å². The third-order valence-electron chi connectivity index (χ3n) is 2.88. The Morgan fingerprint density at radius 1 is 1.43 bits per heavy atom. The van der Waals surface area contributed by atoms with E-state index < -0.39 is 0 Å². The average molecular weight is 305 g/mol. The highest BCUT2D eigenvalue weighted by Crippen LogP contribution is 2.19. The van der Waals surface area contributed by atoms with E-state index in [-0.39, 0.29) is 12.6 Å². The Labute approximate surface area is 129 Å². The first-order valence-corrected chi connectivity index (χ1v) is 7.00. The maximum atomic E-state index is 8.98. The fraction of sp³-hybridized carbons (Fsp3) is 0.333. The van der Waals surface area contributed by atoms with Crippen LogP contribution in [0.5, 0.6) is 0 Å². The smallest absolute Gasteiger partial charge is 0.131 e. The van der Waals surface area contributed by atoms with Gasteiger partial charge in [0.25, 0.3) is 0 Å². The first-order valence-electron chi connectivity index (χ1n) is 6.62. The molecule has 0 aromatic carbocycles. The Hall–Kier alpha value is -2.03. The van der Waals surface area contributed by atoms with E-state index in [1.165, 1.54) is 0 Å². The van der Waals surface area contributed by atoms with Crippen molar-refractivity contribution in [1.29, 1.82) is 0 Å². The molecule has 2 rings (SSSR count). The van der Waals surface area contributed by atoms with Crippen molar-refractivity contribution in [3.63, 3.8) is 0 Å². The molecular weight excluding hydrogens is 288 g/mol. The molecule has 2 aromatic rings. The van der Waals surface area contributed by atoms with E-state index in [9.17, 15) is 0 Å². The quantitative estimate of drug-likeness (QED) is 0.670. The van der Waals surface area contributed by atoms with E-state index >= 15 is 0 Å². The summed E-state index contributed by atoms with van der Waals surface area (Å²) in [5, 5.41) is 16.7. The summed E-state index contributed by atoms with van der Waals surface area (Å²) in [4.78, 5) is 4.06. The van der Waals surface area contributed by atoms with Crippen LogP contribution in [0.2, 0.25) is 5.15 Å². The van der Waals surface area contributed by atoms with Crippen molar-refractivity contribution in [3.05, 3.63) is 40.9 Å². The summed E-state index contributed by atoms with van der Waals surface area (Å²) >= 11 is 5.94. The minimum Gasteiger partial charge on any atom is -0.396 e. The number of anilines is 1. The molecule has 0 saturated carbocycles. The summed E-state index contributed by atoms with van der Waals surface area (Å²) in [7, 11) is 1.85. The van der Waals surface area contributed by atoms with Gasteiger partial charge in [-0.05, 0) is 19.4 Å². The summed E-state index contributed by atoms with van der Waals surface area (Å²) in [5.74, 6) is 6.11. The molecule has 0 spiro atoms. The number of aryl methyl sites for hydroxylation is 1. The normalized spacial score (nSPS) is 11.6. The molecule has 21 heavy (non-hydrogen) atoms. The zero-order valence-corrected chi connectivity index (χ0v) is 12.7. The Morgan fingerprint density at radius 2 is 2.24 bits per heavy atom. The molecule has 0 amide bonds. The first kappa shape index (κ1) is 15.4. The lowest BCUT2D eigenvalue weighted by molar-refractivity contribution is 0.282. The molecule has 0 unspecified atom stereocenters. The fourth-order valence-electron chi connectivity index (χ4n) is 1.81. The molecule has 1 atom stereocenters. The number of hydrogen-bond donors (Lipinski definition) is 2. The molecule has 0 aliphatic heterocycles. The highest BCUT2D eigenvalue weighted by Gasteiger charge is 2.06. The lowest BCUT2D eigenvalue weighted by Crippen LogP contribution is -2.17. The Morgan fingerprint density at radius 3 is 2.90 bits per heavy atom. The predicted octanol–water partition coefficient (Wildman–Crippen LogP) is 2.05. The summed E-state index contributed by atoms with van der Waals surface area (Å²) < 4.78 is 1.70. The lowest BCUT2D eigenvalue weighted by Gasteiger charge is -2.15. The van der Waals surface area contributed by atoms with Gasteiger partial charge >= 0.3 is 0 Å². The number of aliphatic hydroxyl groups is 1. The molecule has 5 nitrogen and oxygen atoms in total. The molecule has 0 fully saturated rings. The fourth-order valence-corrected chi connectivity index (χ4v) is 1.96. The third-order valence-corrected chi connectivity index (χ3v) is 3.09. The van der Waals surface area contributed by atoms with Gasteiger partial charge in [0.1, 0.15) is 5.15 Å². The van der Waals surface area contributed by atoms with Gasteiger partial charge in [-0.3, -0.25) is 4.68 Å². The van der Waals surface area contributed by atoms with Gasteiger partial charge in [0.15, 0.2) is 0 Å². The zero-order valence-electron chi connectivity index (χ0n) is 12.0. The number of pyridine rings is 1. The molecule has 0 aliphatic carbocycles. The van der Waals surface area contributed by atoms with E-state index in [0.717, 1.165) is 16.8 Å². The van der Waals surface area contributed by atoms with E-state index in [1.807, 2.05) is 20.2 Å². The molecule has 2 N–H and O–H groups in total. The highest BCUT2D eigenvalue weighted by molar-refractivity contribution is 6.29. The first-order chi connectivity index (χ1) is 10.1. The van der Waals surface area contributed by atoms with Crippen molar-refractivity contribution >= 4 is 17.3 Å². The third kappa shape index (κ3) is 4.48. The second kappa shape index (κ2) is 7.11. The van der Waals surface area contributed by atoms with Crippen LogP contribution < -0.4 is 5.32 Å². The monoisotopic (exact) mass is 304 g/mol. The number of halogens is 1. The molecule has 2 aromatic heterocycles. The van der Waals surface area contributed by atoms with Crippen LogP contribution in [0.4, 0.5) is 5.69 Å². The molecule has 6 heteroatoms. The van der Waals surface area contributed by atoms with Crippen molar-refractivity contribution in [1.82, 2.24) is 14.8 Å². The van der Waals surface area contributed by atoms with Gasteiger partial charge in [-0.1, -0.05) is 23.4 Å². The van der Waals surface area contributed by atoms with Crippen LogP contribution in [-0.4, -0.2) is 32.5 Å². The lowest BCUT2D eigenvalue weighted by atomic mass is 10.2. The molecule has 0 saturated heterocycles. The van der Waals surface area contributed by atoms with Crippen LogP contribution in [0.25, 0.3) is 0 Å². The molecular formula is C15H17ClN4O. The largest absolute Gasteiger partial charge is 0.396 e. The number of hydrogen-bond acceptors (Lipinski definition) is 4. The minimum atomic E-state index is 0.118. The molecule has 0 aliphatic rings. The molecule has 0 bridgehead atoms. The number of nitrogens with one attached hydrogen (secondary N) is 1. The van der Waals surface area contributed by atoms with Gasteiger partial charge in [0.2, 0.25) is 0 Å². The maximum absolute atomic E-state index is 8.98.